The summed E-state index contributed by atoms with van der Waals surface area (Å²) in [6.07, 6.45) is 6.28. The molecule has 1 aromatic carbocycles. The summed E-state index contributed by atoms with van der Waals surface area (Å²) in [6.45, 7) is 0. The largest absolute Gasteiger partial charge is 0.366 e. The van der Waals surface area contributed by atoms with E-state index in [4.69, 9.17) is 11.6 Å². The third-order valence-electron chi connectivity index (χ3n) is 5.83. The summed E-state index contributed by atoms with van der Waals surface area (Å²) in [5.41, 5.74) is 0.529. The number of benzene rings is 1. The van der Waals surface area contributed by atoms with E-state index in [0.29, 0.717) is 11.8 Å². The molecule has 3 heteroatoms. The minimum absolute atomic E-state index is 0.390. The topological polar surface area (TPSA) is 35.8 Å². The number of rotatable bonds is 2. The van der Waals surface area contributed by atoms with E-state index in [1.54, 1.807) is 0 Å². The Bertz CT molecular complexity index is 547. The quantitative estimate of drug-likeness (QED) is 0.870. The molecule has 20 heavy (non-hydrogen) atoms. The predicted octanol–water partition coefficient (Wildman–Crippen LogP) is 4.47. The Labute approximate surface area is 125 Å². The maximum atomic E-state index is 9.95. The van der Waals surface area contributed by atoms with E-state index in [1.165, 1.54) is 32.1 Å². The van der Waals surface area contributed by atoms with E-state index in [2.05, 4.69) is 11.4 Å². The van der Waals surface area contributed by atoms with Crippen LogP contribution in [0.4, 0.5) is 5.69 Å². The Morgan fingerprint density at radius 3 is 2.20 bits per heavy atom. The molecule has 1 aromatic rings. The first-order valence-electron chi connectivity index (χ1n) is 7.65. The molecule has 104 valence electrons. The Kier molecular flexibility index (Phi) is 2.76. The standard InChI is InChI=1S/C17H19ClN2/c18-15-3-1-2-4-16(15)20-17(10-19)13-6-11-5-12(8-13)9-14(17)7-11/h1-4,11-14,20H,5-9H2. The molecule has 0 atom stereocenters. The van der Waals surface area contributed by atoms with Crippen molar-refractivity contribution in [1.82, 2.24) is 0 Å². The summed E-state index contributed by atoms with van der Waals surface area (Å²) in [7, 11) is 0. The van der Waals surface area contributed by atoms with Crippen LogP contribution in [0.5, 0.6) is 0 Å². The molecular formula is C17H19ClN2. The summed E-state index contributed by atoms with van der Waals surface area (Å²) in [5.74, 6) is 2.74. The zero-order valence-corrected chi connectivity index (χ0v) is 12.2. The van der Waals surface area contributed by atoms with Gasteiger partial charge in [0.15, 0.2) is 0 Å². The highest BCUT2D eigenvalue weighted by molar-refractivity contribution is 6.33. The SMILES string of the molecule is N#CC1(Nc2ccccc2Cl)C2CC3CC(C2)CC1C3. The fraction of sp³-hybridized carbons (Fsp3) is 0.588. The molecule has 0 spiro atoms. The predicted molar refractivity (Wildman–Crippen MR) is 80.5 cm³/mol. The van der Waals surface area contributed by atoms with E-state index in [0.717, 1.165) is 22.5 Å². The third-order valence-corrected chi connectivity index (χ3v) is 6.16. The Hall–Kier alpha value is -1.20. The van der Waals surface area contributed by atoms with Crippen LogP contribution in [0.15, 0.2) is 24.3 Å². The number of hydrogen-bond donors (Lipinski definition) is 1. The monoisotopic (exact) mass is 286 g/mol. The molecule has 4 aliphatic carbocycles. The van der Waals surface area contributed by atoms with E-state index in [-0.39, 0.29) is 0 Å². The van der Waals surface area contributed by atoms with Gasteiger partial charge in [0.05, 0.1) is 16.8 Å². The van der Waals surface area contributed by atoms with Gasteiger partial charge in [-0.1, -0.05) is 23.7 Å². The second-order valence-corrected chi connectivity index (χ2v) is 7.30. The molecule has 4 aliphatic rings. The van der Waals surface area contributed by atoms with Crippen LogP contribution in [-0.2, 0) is 0 Å². The highest BCUT2D eigenvalue weighted by atomic mass is 35.5. The van der Waals surface area contributed by atoms with Gasteiger partial charge in [-0.15, -0.1) is 0 Å². The molecule has 0 aromatic heterocycles. The van der Waals surface area contributed by atoms with Crippen molar-refractivity contribution >= 4 is 17.3 Å². The lowest BCUT2D eigenvalue weighted by atomic mass is 9.49. The lowest BCUT2D eigenvalue weighted by molar-refractivity contribution is -0.0206. The minimum atomic E-state index is -0.390. The summed E-state index contributed by atoms with van der Waals surface area (Å²) >= 11 is 6.28. The maximum absolute atomic E-state index is 9.95. The van der Waals surface area contributed by atoms with E-state index < -0.39 is 5.54 Å². The smallest absolute Gasteiger partial charge is 0.131 e. The zero-order chi connectivity index (χ0) is 13.7. The summed E-state index contributed by atoms with van der Waals surface area (Å²) in [6, 6.07) is 10.5. The van der Waals surface area contributed by atoms with Crippen LogP contribution in [0.2, 0.25) is 5.02 Å². The lowest BCUT2D eigenvalue weighted by Gasteiger charge is -2.58. The average Bonchev–Trinajstić information content (AvgIpc) is 2.44. The van der Waals surface area contributed by atoms with Crippen LogP contribution in [0, 0.1) is 35.0 Å². The number of nitrogens with one attached hydrogen (secondary N) is 1. The second-order valence-electron chi connectivity index (χ2n) is 6.89. The van der Waals surface area contributed by atoms with Crippen LogP contribution in [0.3, 0.4) is 0 Å². The summed E-state index contributed by atoms with van der Waals surface area (Å²) < 4.78 is 0. The second kappa shape index (κ2) is 4.40. The van der Waals surface area contributed by atoms with Crippen LogP contribution in [0.25, 0.3) is 0 Å². The van der Waals surface area contributed by atoms with Gasteiger partial charge in [0, 0.05) is 0 Å². The fourth-order valence-electron chi connectivity index (χ4n) is 5.13. The number of halogens is 1. The van der Waals surface area contributed by atoms with Crippen molar-refractivity contribution < 1.29 is 0 Å². The van der Waals surface area contributed by atoms with Gasteiger partial charge in [-0.2, -0.15) is 5.26 Å². The molecule has 0 aliphatic heterocycles. The van der Waals surface area contributed by atoms with Crippen LogP contribution in [0.1, 0.15) is 32.1 Å². The van der Waals surface area contributed by atoms with Crippen LogP contribution >= 0.6 is 11.6 Å². The van der Waals surface area contributed by atoms with Gasteiger partial charge in [0.2, 0.25) is 0 Å². The summed E-state index contributed by atoms with van der Waals surface area (Å²) in [4.78, 5) is 0. The number of anilines is 1. The highest BCUT2D eigenvalue weighted by Gasteiger charge is 2.57. The number of hydrogen-bond acceptors (Lipinski definition) is 2. The Morgan fingerprint density at radius 2 is 1.65 bits per heavy atom. The maximum Gasteiger partial charge on any atom is 0.131 e. The molecule has 4 saturated carbocycles. The third kappa shape index (κ3) is 1.69. The zero-order valence-electron chi connectivity index (χ0n) is 11.5. The van der Waals surface area contributed by atoms with E-state index in [9.17, 15) is 5.26 Å². The first kappa shape index (κ1) is 12.5. The van der Waals surface area contributed by atoms with Crippen molar-refractivity contribution in [1.29, 1.82) is 5.26 Å². The fourth-order valence-corrected chi connectivity index (χ4v) is 5.31. The molecule has 2 nitrogen and oxygen atoms in total. The lowest BCUT2D eigenvalue weighted by Crippen LogP contribution is -2.61. The van der Waals surface area contributed by atoms with Gasteiger partial charge in [-0.25, -0.2) is 0 Å². The molecule has 0 heterocycles. The van der Waals surface area contributed by atoms with Crippen molar-refractivity contribution in [2.24, 2.45) is 23.7 Å². The van der Waals surface area contributed by atoms with Gasteiger partial charge in [-0.05, 0) is 67.9 Å². The molecule has 5 rings (SSSR count). The molecule has 0 radical (unpaired) electrons. The van der Waals surface area contributed by atoms with Gasteiger partial charge < -0.3 is 5.32 Å². The Morgan fingerprint density at radius 1 is 1.05 bits per heavy atom. The number of para-hydroxylation sites is 1. The van der Waals surface area contributed by atoms with Gasteiger partial charge in [0.1, 0.15) is 5.54 Å². The normalized spacial score (nSPS) is 41.4. The Balaban J connectivity index is 1.71. The van der Waals surface area contributed by atoms with E-state index >= 15 is 0 Å². The van der Waals surface area contributed by atoms with E-state index in [1.807, 2.05) is 24.3 Å². The molecule has 0 saturated heterocycles. The van der Waals surface area contributed by atoms with Gasteiger partial charge in [-0.3, -0.25) is 0 Å². The van der Waals surface area contributed by atoms with Crippen LogP contribution < -0.4 is 5.32 Å². The number of nitrogens with zero attached hydrogens (tertiary/aromatic N) is 1. The number of nitriles is 1. The van der Waals surface area contributed by atoms with Gasteiger partial charge in [0.25, 0.3) is 0 Å². The van der Waals surface area contributed by atoms with Crippen LogP contribution in [-0.4, -0.2) is 5.54 Å². The first-order chi connectivity index (χ1) is 9.71. The first-order valence-corrected chi connectivity index (χ1v) is 8.03. The molecule has 0 unspecified atom stereocenters. The molecule has 0 amide bonds. The average molecular weight is 287 g/mol. The molecule has 1 N–H and O–H groups in total. The summed E-state index contributed by atoms with van der Waals surface area (Å²) in [5, 5.41) is 14.2. The highest BCUT2D eigenvalue weighted by Crippen LogP contribution is 2.59. The van der Waals surface area contributed by atoms with Crippen molar-refractivity contribution in [2.45, 2.75) is 37.6 Å². The van der Waals surface area contributed by atoms with Crippen molar-refractivity contribution in [3.8, 4) is 6.07 Å². The molecule has 4 bridgehead atoms. The minimum Gasteiger partial charge on any atom is -0.366 e. The van der Waals surface area contributed by atoms with Gasteiger partial charge >= 0.3 is 0 Å². The molecule has 4 fully saturated rings. The van der Waals surface area contributed by atoms with Crippen molar-refractivity contribution in [3.63, 3.8) is 0 Å². The molecular weight excluding hydrogens is 268 g/mol. The van der Waals surface area contributed by atoms with Crippen molar-refractivity contribution in [2.75, 3.05) is 5.32 Å². The van der Waals surface area contributed by atoms with Crippen molar-refractivity contribution in [3.05, 3.63) is 29.3 Å².